The largest absolute Gasteiger partial charge is 0.352 e. The van der Waals surface area contributed by atoms with Crippen molar-refractivity contribution in [3.63, 3.8) is 0 Å². The Balaban J connectivity index is 1.59. The Kier molecular flexibility index (Phi) is 4.97. The van der Waals surface area contributed by atoms with Crippen LogP contribution in [0.3, 0.4) is 0 Å². The lowest BCUT2D eigenvalue weighted by Gasteiger charge is -2.05. The van der Waals surface area contributed by atoms with Crippen molar-refractivity contribution in [3.05, 3.63) is 63.4 Å². The van der Waals surface area contributed by atoms with Crippen molar-refractivity contribution in [1.29, 1.82) is 0 Å². The highest BCUT2D eigenvalue weighted by Crippen LogP contribution is 2.18. The normalized spacial score (nSPS) is 10.8. The second-order valence-corrected chi connectivity index (χ2v) is 6.69. The molecule has 2 aromatic heterocycles. The van der Waals surface area contributed by atoms with E-state index in [1.165, 1.54) is 0 Å². The first-order chi connectivity index (χ1) is 11.5. The monoisotopic (exact) mass is 360 g/mol. The third-order valence-corrected chi connectivity index (χ3v) is 4.71. The van der Waals surface area contributed by atoms with Crippen molar-refractivity contribution in [2.24, 2.45) is 0 Å². The van der Waals surface area contributed by atoms with Crippen molar-refractivity contribution in [3.8, 4) is 5.13 Å². The lowest BCUT2D eigenvalue weighted by molar-refractivity contribution is 0.0954. The number of aryl methyl sites for hydroxylation is 2. The SMILES string of the molecule is Cc1cc(C)n(-c2nc(CCNC(=O)c3ccccc3Cl)cs2)n1. The Morgan fingerprint density at radius 2 is 2.12 bits per heavy atom. The minimum atomic E-state index is -0.172. The van der Waals surface area contributed by atoms with Gasteiger partial charge < -0.3 is 5.32 Å². The van der Waals surface area contributed by atoms with Crippen LogP contribution < -0.4 is 5.32 Å². The van der Waals surface area contributed by atoms with Gasteiger partial charge in [-0.25, -0.2) is 9.67 Å². The maximum Gasteiger partial charge on any atom is 0.252 e. The van der Waals surface area contributed by atoms with E-state index in [0.29, 0.717) is 23.6 Å². The minimum Gasteiger partial charge on any atom is -0.352 e. The third kappa shape index (κ3) is 3.66. The van der Waals surface area contributed by atoms with E-state index in [1.54, 1.807) is 35.6 Å². The fourth-order valence-electron chi connectivity index (χ4n) is 2.38. The first-order valence-electron chi connectivity index (χ1n) is 7.55. The van der Waals surface area contributed by atoms with Gasteiger partial charge in [-0.2, -0.15) is 5.10 Å². The summed E-state index contributed by atoms with van der Waals surface area (Å²) in [6.07, 6.45) is 0.659. The first-order valence-corrected chi connectivity index (χ1v) is 8.81. The van der Waals surface area contributed by atoms with Crippen LogP contribution in [0.5, 0.6) is 0 Å². The van der Waals surface area contributed by atoms with E-state index in [-0.39, 0.29) is 5.91 Å². The topological polar surface area (TPSA) is 59.8 Å². The molecule has 0 spiro atoms. The van der Waals surface area contributed by atoms with Crippen molar-refractivity contribution < 1.29 is 4.79 Å². The van der Waals surface area contributed by atoms with E-state index in [9.17, 15) is 4.79 Å². The lowest BCUT2D eigenvalue weighted by atomic mass is 10.2. The summed E-state index contributed by atoms with van der Waals surface area (Å²) >= 11 is 7.57. The molecule has 3 aromatic rings. The second-order valence-electron chi connectivity index (χ2n) is 5.45. The first kappa shape index (κ1) is 16.7. The van der Waals surface area contributed by atoms with Crippen LogP contribution in [0.25, 0.3) is 5.13 Å². The molecule has 0 saturated carbocycles. The number of carbonyl (C=O) groups excluding carboxylic acids is 1. The van der Waals surface area contributed by atoms with Gasteiger partial charge in [0.05, 0.1) is 22.0 Å². The van der Waals surface area contributed by atoms with Crippen LogP contribution in [-0.2, 0) is 6.42 Å². The van der Waals surface area contributed by atoms with Gasteiger partial charge in [0, 0.05) is 24.0 Å². The number of thiazole rings is 1. The van der Waals surface area contributed by atoms with Crippen LogP contribution in [0, 0.1) is 13.8 Å². The molecule has 3 rings (SSSR count). The summed E-state index contributed by atoms with van der Waals surface area (Å²) in [6, 6.07) is 9.03. The van der Waals surface area contributed by atoms with Gasteiger partial charge in [-0.15, -0.1) is 11.3 Å². The van der Waals surface area contributed by atoms with Crippen molar-refractivity contribution in [2.75, 3.05) is 6.54 Å². The van der Waals surface area contributed by atoms with Crippen LogP contribution >= 0.6 is 22.9 Å². The molecule has 1 aromatic carbocycles. The summed E-state index contributed by atoms with van der Waals surface area (Å²) in [5.74, 6) is -0.172. The Morgan fingerprint density at radius 1 is 1.33 bits per heavy atom. The second kappa shape index (κ2) is 7.15. The Hall–Kier alpha value is -2.18. The third-order valence-electron chi connectivity index (χ3n) is 3.52. The number of rotatable bonds is 5. The van der Waals surface area contributed by atoms with Gasteiger partial charge in [0.1, 0.15) is 0 Å². The van der Waals surface area contributed by atoms with Crippen LogP contribution in [-0.4, -0.2) is 27.2 Å². The molecule has 2 heterocycles. The zero-order valence-corrected chi connectivity index (χ0v) is 15.0. The average molecular weight is 361 g/mol. The smallest absolute Gasteiger partial charge is 0.252 e. The van der Waals surface area contributed by atoms with Crippen LogP contribution in [0.2, 0.25) is 5.02 Å². The van der Waals surface area contributed by atoms with Gasteiger partial charge >= 0.3 is 0 Å². The summed E-state index contributed by atoms with van der Waals surface area (Å²) < 4.78 is 1.84. The summed E-state index contributed by atoms with van der Waals surface area (Å²) in [7, 11) is 0. The number of carbonyl (C=O) groups is 1. The lowest BCUT2D eigenvalue weighted by Crippen LogP contribution is -2.26. The summed E-state index contributed by atoms with van der Waals surface area (Å²) in [4.78, 5) is 16.7. The maximum absolute atomic E-state index is 12.1. The van der Waals surface area contributed by atoms with E-state index >= 15 is 0 Å². The van der Waals surface area contributed by atoms with Gasteiger partial charge in [0.15, 0.2) is 0 Å². The molecule has 0 atom stereocenters. The number of halogens is 1. The molecule has 0 aliphatic heterocycles. The molecule has 0 unspecified atom stereocenters. The van der Waals surface area contributed by atoms with E-state index in [1.807, 2.05) is 30.0 Å². The van der Waals surface area contributed by atoms with Gasteiger partial charge in [0.2, 0.25) is 5.13 Å². The highest BCUT2D eigenvalue weighted by atomic mass is 35.5. The summed E-state index contributed by atoms with van der Waals surface area (Å²) in [5, 5.41) is 10.6. The molecule has 0 aliphatic carbocycles. The number of hydrogen-bond acceptors (Lipinski definition) is 4. The molecule has 1 amide bonds. The van der Waals surface area contributed by atoms with Crippen molar-refractivity contribution in [1.82, 2.24) is 20.1 Å². The highest BCUT2D eigenvalue weighted by molar-refractivity contribution is 7.12. The predicted octanol–water partition coefficient (Wildman–Crippen LogP) is 3.57. The molecule has 0 saturated heterocycles. The van der Waals surface area contributed by atoms with Crippen molar-refractivity contribution in [2.45, 2.75) is 20.3 Å². The van der Waals surface area contributed by atoms with E-state index < -0.39 is 0 Å². The van der Waals surface area contributed by atoms with Gasteiger partial charge in [0.25, 0.3) is 5.91 Å². The molecule has 1 N–H and O–H groups in total. The molecule has 0 fully saturated rings. The molecule has 0 aliphatic rings. The Labute approximate surface area is 149 Å². The fourth-order valence-corrected chi connectivity index (χ4v) is 3.46. The van der Waals surface area contributed by atoms with Gasteiger partial charge in [-0.05, 0) is 32.0 Å². The molecule has 7 heteroatoms. The molecule has 124 valence electrons. The number of amides is 1. The van der Waals surface area contributed by atoms with Gasteiger partial charge in [-0.3, -0.25) is 4.79 Å². The molecular formula is C17H17ClN4OS. The number of nitrogens with one attached hydrogen (secondary N) is 1. The Bertz CT molecular complexity index is 871. The Morgan fingerprint density at radius 3 is 2.83 bits per heavy atom. The van der Waals surface area contributed by atoms with Crippen LogP contribution in [0.15, 0.2) is 35.7 Å². The molecule has 0 radical (unpaired) electrons. The number of aromatic nitrogens is 3. The molecule has 5 nitrogen and oxygen atoms in total. The zero-order chi connectivity index (χ0) is 17.1. The zero-order valence-electron chi connectivity index (χ0n) is 13.4. The summed E-state index contributed by atoms with van der Waals surface area (Å²) in [5.41, 5.74) is 3.44. The quantitative estimate of drug-likeness (QED) is 0.756. The number of benzene rings is 1. The molecule has 0 bridgehead atoms. The maximum atomic E-state index is 12.1. The summed E-state index contributed by atoms with van der Waals surface area (Å²) in [6.45, 7) is 4.47. The molecular weight excluding hydrogens is 344 g/mol. The average Bonchev–Trinajstić information content (AvgIpc) is 3.13. The van der Waals surface area contributed by atoms with Gasteiger partial charge in [-0.1, -0.05) is 23.7 Å². The van der Waals surface area contributed by atoms with Crippen LogP contribution in [0.4, 0.5) is 0 Å². The van der Waals surface area contributed by atoms with E-state index in [4.69, 9.17) is 11.6 Å². The number of nitrogens with zero attached hydrogens (tertiary/aromatic N) is 3. The fraction of sp³-hybridized carbons (Fsp3) is 0.235. The van der Waals surface area contributed by atoms with Crippen molar-refractivity contribution >= 4 is 28.8 Å². The molecule has 24 heavy (non-hydrogen) atoms. The standard InChI is InChI=1S/C17H17ClN4OS/c1-11-9-12(2)22(21-11)17-20-13(10-24-17)7-8-19-16(23)14-5-3-4-6-15(14)18/h3-6,9-10H,7-8H2,1-2H3,(H,19,23). The predicted molar refractivity (Wildman–Crippen MR) is 96.2 cm³/mol. The van der Waals surface area contributed by atoms with E-state index in [2.05, 4.69) is 15.4 Å². The van der Waals surface area contributed by atoms with E-state index in [0.717, 1.165) is 22.2 Å². The minimum absolute atomic E-state index is 0.172. The highest BCUT2D eigenvalue weighted by Gasteiger charge is 2.11. The number of hydrogen-bond donors (Lipinski definition) is 1. The van der Waals surface area contributed by atoms with Crippen LogP contribution in [0.1, 0.15) is 27.4 Å².